The van der Waals surface area contributed by atoms with Crippen LogP contribution in [0.2, 0.25) is 5.02 Å². The van der Waals surface area contributed by atoms with Crippen LogP contribution in [0.5, 0.6) is 11.5 Å². The lowest BCUT2D eigenvalue weighted by Crippen LogP contribution is -2.43. The molecule has 0 saturated carbocycles. The highest BCUT2D eigenvalue weighted by Crippen LogP contribution is 2.35. The number of benzene rings is 2. The van der Waals surface area contributed by atoms with Gasteiger partial charge in [-0.05, 0) is 40.3 Å². The monoisotopic (exact) mass is 443 g/mol. The van der Waals surface area contributed by atoms with Crippen LogP contribution in [0.1, 0.15) is 10.4 Å². The van der Waals surface area contributed by atoms with Crippen molar-refractivity contribution in [2.75, 3.05) is 19.5 Å². The second kappa shape index (κ2) is 8.89. The standard InChI is InChI=1S/C16H15BrClN3O3S/c1-23-13-8-12(14(24-2)7-11(13)18)19-16(25)21-20-15(22)9-5-3-4-6-10(9)17/h3-8H,1-2H3,(H,20,22)(H2,19,21,25). The molecule has 2 aromatic rings. The highest BCUT2D eigenvalue weighted by Gasteiger charge is 2.12. The maximum atomic E-state index is 12.1. The van der Waals surface area contributed by atoms with Gasteiger partial charge in [0.1, 0.15) is 11.5 Å². The molecule has 6 nitrogen and oxygen atoms in total. The quantitative estimate of drug-likeness (QED) is 0.493. The molecule has 0 aliphatic carbocycles. The molecule has 0 aromatic heterocycles. The first kappa shape index (κ1) is 19.3. The van der Waals surface area contributed by atoms with Crippen molar-refractivity contribution in [2.24, 2.45) is 0 Å². The molecule has 0 saturated heterocycles. The van der Waals surface area contributed by atoms with Gasteiger partial charge < -0.3 is 14.8 Å². The normalized spacial score (nSPS) is 9.92. The largest absolute Gasteiger partial charge is 0.495 e. The second-order valence-corrected chi connectivity index (χ2v) is 6.37. The van der Waals surface area contributed by atoms with Crippen LogP contribution in [0.15, 0.2) is 40.9 Å². The van der Waals surface area contributed by atoms with Gasteiger partial charge in [0.15, 0.2) is 5.11 Å². The minimum atomic E-state index is -0.336. The molecule has 132 valence electrons. The van der Waals surface area contributed by atoms with E-state index >= 15 is 0 Å². The van der Waals surface area contributed by atoms with Gasteiger partial charge in [-0.3, -0.25) is 15.6 Å². The summed E-state index contributed by atoms with van der Waals surface area (Å²) in [6, 6.07) is 10.3. The fraction of sp³-hybridized carbons (Fsp3) is 0.125. The number of carbonyl (C=O) groups is 1. The fourth-order valence-corrected chi connectivity index (χ4v) is 2.79. The van der Waals surface area contributed by atoms with Crippen LogP contribution in [0.25, 0.3) is 0 Å². The molecule has 2 rings (SSSR count). The number of hydrogen-bond acceptors (Lipinski definition) is 4. The van der Waals surface area contributed by atoms with Crippen molar-refractivity contribution >= 4 is 56.5 Å². The number of hydrazine groups is 1. The second-order valence-electron chi connectivity index (χ2n) is 4.70. The van der Waals surface area contributed by atoms with E-state index in [0.29, 0.717) is 32.2 Å². The maximum Gasteiger partial charge on any atom is 0.270 e. The van der Waals surface area contributed by atoms with Gasteiger partial charge in [0.2, 0.25) is 0 Å². The number of nitrogens with one attached hydrogen (secondary N) is 3. The third-order valence-corrected chi connectivity index (χ3v) is 4.32. The van der Waals surface area contributed by atoms with E-state index in [-0.39, 0.29) is 11.0 Å². The number of carbonyl (C=O) groups excluding carboxylic acids is 1. The Morgan fingerprint density at radius 3 is 2.44 bits per heavy atom. The minimum Gasteiger partial charge on any atom is -0.495 e. The summed E-state index contributed by atoms with van der Waals surface area (Å²) >= 11 is 14.6. The lowest BCUT2D eigenvalue weighted by molar-refractivity contribution is 0.0943. The zero-order valence-corrected chi connectivity index (χ0v) is 16.5. The lowest BCUT2D eigenvalue weighted by atomic mass is 10.2. The number of ether oxygens (including phenoxy) is 2. The number of amides is 1. The van der Waals surface area contributed by atoms with E-state index in [0.717, 1.165) is 0 Å². The number of methoxy groups -OCH3 is 2. The van der Waals surface area contributed by atoms with Crippen LogP contribution < -0.4 is 25.6 Å². The Bertz CT molecular complexity index is 804. The molecular weight excluding hydrogens is 430 g/mol. The molecule has 0 radical (unpaired) electrons. The van der Waals surface area contributed by atoms with Crippen molar-refractivity contribution in [1.82, 2.24) is 10.9 Å². The Morgan fingerprint density at radius 1 is 1.12 bits per heavy atom. The summed E-state index contributed by atoms with van der Waals surface area (Å²) in [5.74, 6) is 0.606. The average molecular weight is 445 g/mol. The number of hydrogen-bond donors (Lipinski definition) is 3. The maximum absolute atomic E-state index is 12.1. The number of halogens is 2. The summed E-state index contributed by atoms with van der Waals surface area (Å²) in [4.78, 5) is 12.1. The molecule has 0 spiro atoms. The van der Waals surface area contributed by atoms with Crippen LogP contribution in [-0.2, 0) is 0 Å². The van der Waals surface area contributed by atoms with Gasteiger partial charge in [-0.15, -0.1) is 0 Å². The summed E-state index contributed by atoms with van der Waals surface area (Å²) in [6.07, 6.45) is 0. The van der Waals surface area contributed by atoms with Crippen LogP contribution in [0, 0.1) is 0 Å². The van der Waals surface area contributed by atoms with Crippen LogP contribution in [0.4, 0.5) is 5.69 Å². The van der Waals surface area contributed by atoms with Crippen molar-refractivity contribution in [3.05, 3.63) is 51.5 Å². The molecule has 0 aliphatic heterocycles. The highest BCUT2D eigenvalue weighted by molar-refractivity contribution is 9.10. The van der Waals surface area contributed by atoms with E-state index in [1.165, 1.54) is 14.2 Å². The van der Waals surface area contributed by atoms with Gasteiger partial charge in [0.25, 0.3) is 5.91 Å². The zero-order valence-electron chi connectivity index (χ0n) is 13.4. The number of anilines is 1. The molecule has 0 heterocycles. The molecule has 0 aliphatic rings. The molecule has 1 amide bonds. The van der Waals surface area contributed by atoms with Gasteiger partial charge in [0, 0.05) is 16.6 Å². The van der Waals surface area contributed by atoms with Gasteiger partial charge in [0.05, 0.1) is 30.5 Å². The van der Waals surface area contributed by atoms with Gasteiger partial charge >= 0.3 is 0 Å². The SMILES string of the molecule is COc1cc(NC(=S)NNC(=O)c2ccccc2Br)c(OC)cc1Cl. The number of thiocarbonyl (C=S) groups is 1. The van der Waals surface area contributed by atoms with Crippen molar-refractivity contribution < 1.29 is 14.3 Å². The van der Waals surface area contributed by atoms with Crippen LogP contribution >= 0.6 is 39.7 Å². The van der Waals surface area contributed by atoms with E-state index in [2.05, 4.69) is 32.1 Å². The Morgan fingerprint density at radius 2 is 1.80 bits per heavy atom. The van der Waals surface area contributed by atoms with Crippen molar-refractivity contribution in [3.8, 4) is 11.5 Å². The highest BCUT2D eigenvalue weighted by atomic mass is 79.9. The first-order chi connectivity index (χ1) is 12.0. The molecule has 0 atom stereocenters. The van der Waals surface area contributed by atoms with Crippen molar-refractivity contribution in [2.45, 2.75) is 0 Å². The third-order valence-electron chi connectivity index (χ3n) is 3.13. The van der Waals surface area contributed by atoms with Crippen molar-refractivity contribution in [1.29, 1.82) is 0 Å². The van der Waals surface area contributed by atoms with Crippen LogP contribution in [-0.4, -0.2) is 25.2 Å². The summed E-state index contributed by atoms with van der Waals surface area (Å²) in [7, 11) is 3.01. The Balaban J connectivity index is 2.03. The smallest absolute Gasteiger partial charge is 0.270 e. The first-order valence-electron chi connectivity index (χ1n) is 6.99. The summed E-state index contributed by atoms with van der Waals surface area (Å²) in [6.45, 7) is 0. The van der Waals surface area contributed by atoms with Crippen LogP contribution in [0.3, 0.4) is 0 Å². The average Bonchev–Trinajstić information content (AvgIpc) is 2.61. The van der Waals surface area contributed by atoms with E-state index in [4.69, 9.17) is 33.3 Å². The predicted molar refractivity (Wildman–Crippen MR) is 106 cm³/mol. The molecule has 0 fully saturated rings. The predicted octanol–water partition coefficient (Wildman–Crippen LogP) is 3.75. The minimum absolute atomic E-state index is 0.170. The van der Waals surface area contributed by atoms with Gasteiger partial charge in [-0.25, -0.2) is 0 Å². The van der Waals surface area contributed by atoms with Crippen molar-refractivity contribution in [3.63, 3.8) is 0 Å². The van der Waals surface area contributed by atoms with Gasteiger partial charge in [-0.1, -0.05) is 23.7 Å². The molecule has 9 heteroatoms. The summed E-state index contributed by atoms with van der Waals surface area (Å²) < 4.78 is 11.1. The lowest BCUT2D eigenvalue weighted by Gasteiger charge is -2.16. The Kier molecular flexibility index (Phi) is 6.86. The van der Waals surface area contributed by atoms with Gasteiger partial charge in [-0.2, -0.15) is 0 Å². The topological polar surface area (TPSA) is 71.6 Å². The third kappa shape index (κ3) is 4.97. The van der Waals surface area contributed by atoms with E-state index in [9.17, 15) is 4.79 Å². The molecule has 3 N–H and O–H groups in total. The first-order valence-corrected chi connectivity index (χ1v) is 8.57. The van der Waals surface area contributed by atoms with E-state index in [1.54, 1.807) is 30.3 Å². The summed E-state index contributed by atoms with van der Waals surface area (Å²) in [5, 5.41) is 3.49. The zero-order chi connectivity index (χ0) is 18.4. The fourth-order valence-electron chi connectivity index (χ4n) is 1.94. The molecule has 0 unspecified atom stereocenters. The summed E-state index contributed by atoms with van der Waals surface area (Å²) in [5.41, 5.74) is 6.16. The molecule has 0 bridgehead atoms. The number of rotatable bonds is 4. The Labute approximate surface area is 163 Å². The molecule has 2 aromatic carbocycles. The molecule has 25 heavy (non-hydrogen) atoms. The molecular formula is C16H15BrClN3O3S. The van der Waals surface area contributed by atoms with E-state index < -0.39 is 0 Å². The Hall–Kier alpha value is -2.03. The van der Waals surface area contributed by atoms with E-state index in [1.807, 2.05) is 6.07 Å².